The summed E-state index contributed by atoms with van der Waals surface area (Å²) in [5, 5.41) is 12.3. The third-order valence-electron chi connectivity index (χ3n) is 4.35. The molecular weight excluding hydrogens is 373 g/mol. The Labute approximate surface area is 160 Å². The molecule has 0 bridgehead atoms. The van der Waals surface area contributed by atoms with Crippen molar-refractivity contribution in [2.45, 2.75) is 19.5 Å². The molecule has 7 heteroatoms. The third-order valence-corrected chi connectivity index (χ3v) is 5.28. The van der Waals surface area contributed by atoms with Gasteiger partial charge in [-0.05, 0) is 54.3 Å². The highest BCUT2D eigenvalue weighted by atomic mass is 35.5. The van der Waals surface area contributed by atoms with Crippen molar-refractivity contribution in [2.75, 3.05) is 5.32 Å². The topological polar surface area (TPSA) is 65.8 Å². The number of hydrogen-bond donors (Lipinski definition) is 1. The minimum Gasteiger partial charge on any atom is -0.302 e. The number of halogens is 2. The average Bonchev–Trinajstić information content (AvgIpc) is 3.20. The van der Waals surface area contributed by atoms with E-state index in [4.69, 9.17) is 5.26 Å². The van der Waals surface area contributed by atoms with E-state index in [-0.39, 0.29) is 18.3 Å². The number of nitrogens with zero attached hydrogens (tertiary/aromatic N) is 2. The van der Waals surface area contributed by atoms with E-state index >= 15 is 0 Å². The molecule has 4 rings (SSSR count). The van der Waals surface area contributed by atoms with Crippen LogP contribution in [0.15, 0.2) is 36.4 Å². The van der Waals surface area contributed by atoms with Gasteiger partial charge in [-0.25, -0.2) is 9.37 Å². The Kier molecular flexibility index (Phi) is 4.94. The summed E-state index contributed by atoms with van der Waals surface area (Å²) in [6.45, 7) is 2.00. The summed E-state index contributed by atoms with van der Waals surface area (Å²) in [4.78, 5) is 16.2. The molecule has 132 valence electrons. The van der Waals surface area contributed by atoms with Crippen molar-refractivity contribution >= 4 is 45.0 Å². The molecule has 1 aromatic heterocycles. The monoisotopic (exact) mass is 387 g/mol. The highest BCUT2D eigenvalue weighted by molar-refractivity contribution is 7.22. The minimum absolute atomic E-state index is 0. The number of anilines is 1. The minimum atomic E-state index is -1.02. The molecule has 0 unspecified atom stereocenters. The predicted molar refractivity (Wildman–Crippen MR) is 103 cm³/mol. The van der Waals surface area contributed by atoms with Gasteiger partial charge < -0.3 is 5.32 Å². The van der Waals surface area contributed by atoms with Crippen LogP contribution in [0.2, 0.25) is 0 Å². The first kappa shape index (κ1) is 18.3. The lowest BCUT2D eigenvalue weighted by Gasteiger charge is -2.06. The number of aryl methyl sites for hydroxylation is 1. The molecule has 26 heavy (non-hydrogen) atoms. The van der Waals surface area contributed by atoms with Gasteiger partial charge >= 0.3 is 0 Å². The van der Waals surface area contributed by atoms with Crippen LogP contribution in [-0.2, 0) is 4.79 Å². The van der Waals surface area contributed by atoms with Gasteiger partial charge in [-0.2, -0.15) is 5.26 Å². The number of nitrogens with one attached hydrogen (secondary N) is 1. The molecule has 1 saturated carbocycles. The first-order valence-corrected chi connectivity index (χ1v) is 8.73. The summed E-state index contributed by atoms with van der Waals surface area (Å²) >= 11 is 1.37. The number of thiazole rings is 1. The number of aromatic nitrogens is 1. The largest absolute Gasteiger partial charge is 0.302 e. The first-order chi connectivity index (χ1) is 12.0. The lowest BCUT2D eigenvalue weighted by Crippen LogP contribution is -2.14. The van der Waals surface area contributed by atoms with E-state index in [0.717, 1.165) is 26.9 Å². The number of rotatable bonds is 3. The number of fused-ring (bicyclic) bond motifs is 1. The van der Waals surface area contributed by atoms with Crippen LogP contribution in [0.25, 0.3) is 21.3 Å². The fourth-order valence-electron chi connectivity index (χ4n) is 2.78. The molecule has 0 saturated heterocycles. The van der Waals surface area contributed by atoms with Crippen molar-refractivity contribution in [3.05, 3.63) is 47.5 Å². The molecule has 2 atom stereocenters. The molecule has 1 heterocycles. The third kappa shape index (κ3) is 3.41. The van der Waals surface area contributed by atoms with Gasteiger partial charge in [0.25, 0.3) is 0 Å². The van der Waals surface area contributed by atoms with Crippen molar-refractivity contribution in [2.24, 2.45) is 5.92 Å². The van der Waals surface area contributed by atoms with E-state index < -0.39 is 12.1 Å². The van der Waals surface area contributed by atoms with Crippen LogP contribution in [0, 0.1) is 24.2 Å². The molecule has 2 aromatic carbocycles. The molecule has 0 spiro atoms. The first-order valence-electron chi connectivity index (χ1n) is 7.92. The Morgan fingerprint density at radius 2 is 2.12 bits per heavy atom. The molecule has 4 nitrogen and oxygen atoms in total. The summed E-state index contributed by atoms with van der Waals surface area (Å²) in [5.41, 5.74) is 4.47. The van der Waals surface area contributed by atoms with E-state index in [0.29, 0.717) is 17.1 Å². The highest BCUT2D eigenvalue weighted by Crippen LogP contribution is 2.36. The molecule has 1 aliphatic carbocycles. The second-order valence-corrected chi connectivity index (χ2v) is 7.22. The zero-order valence-electron chi connectivity index (χ0n) is 13.8. The summed E-state index contributed by atoms with van der Waals surface area (Å²) in [7, 11) is 0. The quantitative estimate of drug-likeness (QED) is 0.697. The van der Waals surface area contributed by atoms with Gasteiger partial charge in [-0.3, -0.25) is 4.79 Å². The van der Waals surface area contributed by atoms with Gasteiger partial charge in [0, 0.05) is 0 Å². The van der Waals surface area contributed by atoms with Crippen LogP contribution in [0.3, 0.4) is 0 Å². The number of hydrogen-bond acceptors (Lipinski definition) is 4. The molecule has 0 radical (unpaired) electrons. The zero-order valence-corrected chi connectivity index (χ0v) is 15.5. The molecule has 1 fully saturated rings. The summed E-state index contributed by atoms with van der Waals surface area (Å²) in [6.07, 6.45) is -0.716. The molecule has 1 amide bonds. The van der Waals surface area contributed by atoms with Crippen LogP contribution >= 0.6 is 23.7 Å². The van der Waals surface area contributed by atoms with E-state index in [1.54, 1.807) is 6.07 Å². The molecule has 1 aliphatic rings. The number of amides is 1. The van der Waals surface area contributed by atoms with Crippen molar-refractivity contribution in [3.63, 3.8) is 0 Å². The average molecular weight is 388 g/mol. The normalized spacial score (nSPS) is 18.0. The molecule has 3 aromatic rings. The Morgan fingerprint density at radius 3 is 2.81 bits per heavy atom. The SMILES string of the molecule is Cc1ccc(C#N)cc1-c1ccc2nc(NC(=O)[C@@H]3C[C@@H]3F)sc2c1.Cl. The van der Waals surface area contributed by atoms with Gasteiger partial charge in [-0.1, -0.05) is 23.5 Å². The van der Waals surface area contributed by atoms with Gasteiger partial charge in [-0.15, -0.1) is 12.4 Å². The van der Waals surface area contributed by atoms with Crippen molar-refractivity contribution < 1.29 is 9.18 Å². The number of benzene rings is 2. The second kappa shape index (κ2) is 7.02. The van der Waals surface area contributed by atoms with E-state index in [1.807, 2.05) is 37.3 Å². The highest BCUT2D eigenvalue weighted by Gasteiger charge is 2.43. The van der Waals surface area contributed by atoms with E-state index in [9.17, 15) is 9.18 Å². The molecule has 0 aliphatic heterocycles. The maximum absolute atomic E-state index is 13.0. The summed E-state index contributed by atoms with van der Waals surface area (Å²) < 4.78 is 13.9. The molecular formula is C19H15ClFN3OS. The van der Waals surface area contributed by atoms with Gasteiger partial charge in [0.05, 0.1) is 27.8 Å². The Balaban J connectivity index is 0.00000196. The van der Waals surface area contributed by atoms with Crippen LogP contribution < -0.4 is 5.32 Å². The van der Waals surface area contributed by atoms with Crippen LogP contribution in [0.5, 0.6) is 0 Å². The van der Waals surface area contributed by atoms with Gasteiger partial charge in [0.15, 0.2) is 5.13 Å². The van der Waals surface area contributed by atoms with Gasteiger partial charge in [0.1, 0.15) is 6.17 Å². The predicted octanol–water partition coefficient (Wildman–Crippen LogP) is 4.86. The lowest BCUT2D eigenvalue weighted by atomic mass is 9.98. The van der Waals surface area contributed by atoms with E-state index in [1.165, 1.54) is 11.3 Å². The lowest BCUT2D eigenvalue weighted by molar-refractivity contribution is -0.117. The number of carbonyl (C=O) groups is 1. The number of nitriles is 1. The molecule has 1 N–H and O–H groups in total. The Hall–Kier alpha value is -2.49. The van der Waals surface area contributed by atoms with Crippen molar-refractivity contribution in [1.29, 1.82) is 5.26 Å². The number of alkyl halides is 1. The smallest absolute Gasteiger partial charge is 0.232 e. The Morgan fingerprint density at radius 1 is 1.35 bits per heavy atom. The summed E-state index contributed by atoms with van der Waals surface area (Å²) in [6, 6.07) is 13.6. The van der Waals surface area contributed by atoms with Gasteiger partial charge in [0.2, 0.25) is 5.91 Å². The zero-order chi connectivity index (χ0) is 17.6. The van der Waals surface area contributed by atoms with Crippen LogP contribution in [-0.4, -0.2) is 17.1 Å². The van der Waals surface area contributed by atoms with Crippen molar-refractivity contribution in [3.8, 4) is 17.2 Å². The standard InChI is InChI=1S/C19H14FN3OS.ClH/c1-10-2-3-11(9-21)6-13(10)12-4-5-16-17(7-12)25-19(22-16)23-18(24)14-8-15(14)20;/h2-7,14-15H,8H2,1H3,(H,22,23,24);1H/t14-,15+;/m1./s1. The van der Waals surface area contributed by atoms with E-state index in [2.05, 4.69) is 16.4 Å². The fraction of sp³-hybridized carbons (Fsp3) is 0.211. The second-order valence-electron chi connectivity index (χ2n) is 6.19. The maximum Gasteiger partial charge on any atom is 0.232 e. The number of carbonyl (C=O) groups excluding carboxylic acids is 1. The van der Waals surface area contributed by atoms with Crippen molar-refractivity contribution in [1.82, 2.24) is 4.98 Å². The van der Waals surface area contributed by atoms with Crippen LogP contribution in [0.4, 0.5) is 9.52 Å². The summed E-state index contributed by atoms with van der Waals surface area (Å²) in [5.74, 6) is -0.830. The fourth-order valence-corrected chi connectivity index (χ4v) is 3.69. The maximum atomic E-state index is 13.0. The Bertz CT molecular complexity index is 1040. The van der Waals surface area contributed by atoms with Crippen LogP contribution in [0.1, 0.15) is 17.5 Å².